The van der Waals surface area contributed by atoms with Gasteiger partial charge in [0.05, 0.1) is 5.75 Å². The number of rotatable bonds is 8. The highest BCUT2D eigenvalue weighted by molar-refractivity contribution is 8.01. The lowest BCUT2D eigenvalue weighted by Crippen LogP contribution is -2.34. The van der Waals surface area contributed by atoms with E-state index in [9.17, 15) is 9.59 Å². The zero-order valence-electron chi connectivity index (χ0n) is 16.1. The Morgan fingerprint density at radius 3 is 2.37 bits per heavy atom. The molecule has 158 valence electrons. The van der Waals surface area contributed by atoms with Crippen molar-refractivity contribution in [1.82, 2.24) is 25.3 Å². The van der Waals surface area contributed by atoms with Crippen molar-refractivity contribution in [2.45, 2.75) is 18.2 Å². The Kier molecular flexibility index (Phi) is 7.96. The minimum absolute atomic E-state index is 0.133. The number of thioether (sulfide) groups is 1. The molecule has 0 saturated heterocycles. The smallest absolute Gasteiger partial charge is 0.323 e. The number of amides is 3. The fourth-order valence-corrected chi connectivity index (χ4v) is 4.70. The van der Waals surface area contributed by atoms with Crippen molar-refractivity contribution >= 4 is 68.2 Å². The van der Waals surface area contributed by atoms with Crippen LogP contribution < -0.4 is 10.6 Å². The summed E-state index contributed by atoms with van der Waals surface area (Å²) in [5.41, 5.74) is 0.875. The third-order valence-corrected chi connectivity index (χ3v) is 6.87. The van der Waals surface area contributed by atoms with Crippen LogP contribution in [0.15, 0.2) is 28.6 Å². The van der Waals surface area contributed by atoms with Crippen LogP contribution in [0.2, 0.25) is 5.02 Å². The summed E-state index contributed by atoms with van der Waals surface area (Å²) >= 11 is 9.61. The Bertz CT molecular complexity index is 1000. The fraction of sp³-hybridized carbons (Fsp3) is 0.294. The molecule has 3 aromatic rings. The number of carbonyl (C=O) groups excluding carboxylic acids is 2. The van der Waals surface area contributed by atoms with E-state index < -0.39 is 0 Å². The normalized spacial score (nSPS) is 10.6. The number of hydrogen-bond donors (Lipinski definition) is 2. The molecule has 0 atom stereocenters. The minimum Gasteiger partial charge on any atom is -0.325 e. The van der Waals surface area contributed by atoms with E-state index in [4.69, 9.17) is 11.6 Å². The second-order valence-corrected chi connectivity index (χ2v) is 9.35. The van der Waals surface area contributed by atoms with Gasteiger partial charge in [-0.15, -0.1) is 20.4 Å². The second kappa shape index (κ2) is 10.7. The van der Waals surface area contributed by atoms with Crippen molar-refractivity contribution in [3.05, 3.63) is 29.3 Å². The van der Waals surface area contributed by atoms with Crippen LogP contribution in [-0.4, -0.2) is 56.1 Å². The van der Waals surface area contributed by atoms with Crippen LogP contribution in [0, 0.1) is 0 Å². The van der Waals surface area contributed by atoms with Crippen molar-refractivity contribution in [3.63, 3.8) is 0 Å². The molecule has 0 radical (unpaired) electrons. The number of anilines is 2. The first-order valence-corrected chi connectivity index (χ1v) is 11.9. The van der Waals surface area contributed by atoms with E-state index >= 15 is 0 Å². The molecule has 0 fully saturated rings. The van der Waals surface area contributed by atoms with Crippen LogP contribution in [0.3, 0.4) is 0 Å². The summed E-state index contributed by atoms with van der Waals surface area (Å²) in [6.45, 7) is 5.02. The van der Waals surface area contributed by atoms with E-state index in [-0.39, 0.29) is 17.7 Å². The van der Waals surface area contributed by atoms with Crippen LogP contribution in [0.5, 0.6) is 0 Å². The number of nitrogens with one attached hydrogen (secondary N) is 2. The van der Waals surface area contributed by atoms with E-state index in [0.29, 0.717) is 37.7 Å². The molecule has 9 nitrogen and oxygen atoms in total. The molecule has 3 amide bonds. The van der Waals surface area contributed by atoms with Gasteiger partial charge in [0, 0.05) is 23.7 Å². The van der Waals surface area contributed by atoms with Gasteiger partial charge in [-0.05, 0) is 26.0 Å². The molecule has 13 heteroatoms. The Hall–Kier alpha value is -2.28. The van der Waals surface area contributed by atoms with Gasteiger partial charge >= 0.3 is 6.03 Å². The molecule has 2 N–H and O–H groups in total. The van der Waals surface area contributed by atoms with Gasteiger partial charge in [0.1, 0.15) is 5.01 Å². The maximum atomic E-state index is 12.2. The summed E-state index contributed by atoms with van der Waals surface area (Å²) in [5.74, 6) is -0.100. The van der Waals surface area contributed by atoms with Crippen molar-refractivity contribution in [3.8, 4) is 10.6 Å². The highest BCUT2D eigenvalue weighted by atomic mass is 35.5. The van der Waals surface area contributed by atoms with Crippen molar-refractivity contribution in [2.24, 2.45) is 0 Å². The average Bonchev–Trinajstić information content (AvgIpc) is 3.37. The first-order chi connectivity index (χ1) is 14.5. The minimum atomic E-state index is -0.234. The van der Waals surface area contributed by atoms with Gasteiger partial charge in [-0.25, -0.2) is 4.79 Å². The van der Waals surface area contributed by atoms with Gasteiger partial charge in [-0.3, -0.25) is 15.4 Å². The maximum absolute atomic E-state index is 12.2. The summed E-state index contributed by atoms with van der Waals surface area (Å²) in [7, 11) is 0. The summed E-state index contributed by atoms with van der Waals surface area (Å²) in [5, 5.41) is 23.6. The number of urea groups is 1. The standard InChI is InChI=1S/C17H18ClN7O2S3/c1-3-25(4-2)16(27)20-15-23-24-17(30-15)28-9-12(26)19-14-22-21-13(29-14)10-5-7-11(18)8-6-10/h5-8H,3-4,9H2,1-2H3,(H,19,22,26)(H,20,23,27). The lowest BCUT2D eigenvalue weighted by Gasteiger charge is -2.17. The predicted molar refractivity (Wildman–Crippen MR) is 122 cm³/mol. The molecule has 0 aliphatic carbocycles. The Balaban J connectivity index is 1.49. The molecule has 0 aliphatic heterocycles. The Labute approximate surface area is 190 Å². The zero-order chi connectivity index (χ0) is 21.5. The molecular weight excluding hydrogens is 466 g/mol. The molecule has 3 rings (SSSR count). The predicted octanol–water partition coefficient (Wildman–Crippen LogP) is 4.31. The highest BCUT2D eigenvalue weighted by Crippen LogP contribution is 2.28. The van der Waals surface area contributed by atoms with Crippen molar-refractivity contribution in [2.75, 3.05) is 29.5 Å². The molecule has 0 spiro atoms. The number of hydrogen-bond acceptors (Lipinski definition) is 9. The van der Waals surface area contributed by atoms with Crippen LogP contribution >= 0.6 is 46.0 Å². The van der Waals surface area contributed by atoms with Gasteiger partial charge in [0.15, 0.2) is 4.34 Å². The molecule has 1 aromatic carbocycles. The Morgan fingerprint density at radius 2 is 1.67 bits per heavy atom. The number of aromatic nitrogens is 4. The summed E-state index contributed by atoms with van der Waals surface area (Å²) in [4.78, 5) is 25.9. The van der Waals surface area contributed by atoms with Crippen LogP contribution in [0.1, 0.15) is 13.8 Å². The number of nitrogens with zero attached hydrogens (tertiary/aromatic N) is 5. The zero-order valence-corrected chi connectivity index (χ0v) is 19.3. The summed E-state index contributed by atoms with van der Waals surface area (Å²) in [6.07, 6.45) is 0. The van der Waals surface area contributed by atoms with Gasteiger partial charge < -0.3 is 4.90 Å². The molecule has 0 aliphatic rings. The van der Waals surface area contributed by atoms with Crippen LogP contribution in [-0.2, 0) is 4.79 Å². The van der Waals surface area contributed by atoms with Gasteiger partial charge in [-0.1, -0.05) is 58.2 Å². The second-order valence-electron chi connectivity index (χ2n) is 5.73. The Morgan fingerprint density at radius 1 is 1.00 bits per heavy atom. The number of benzene rings is 1. The van der Waals surface area contributed by atoms with Crippen LogP contribution in [0.25, 0.3) is 10.6 Å². The molecule has 2 heterocycles. The topological polar surface area (TPSA) is 113 Å². The third kappa shape index (κ3) is 6.11. The highest BCUT2D eigenvalue weighted by Gasteiger charge is 2.15. The molecule has 2 aromatic heterocycles. The van der Waals surface area contributed by atoms with E-state index in [2.05, 4.69) is 31.0 Å². The number of carbonyl (C=O) groups is 2. The van der Waals surface area contributed by atoms with Crippen molar-refractivity contribution < 1.29 is 9.59 Å². The monoisotopic (exact) mass is 483 g/mol. The largest absolute Gasteiger partial charge is 0.325 e. The average molecular weight is 484 g/mol. The lowest BCUT2D eigenvalue weighted by molar-refractivity contribution is -0.113. The lowest BCUT2D eigenvalue weighted by atomic mass is 10.2. The van der Waals surface area contributed by atoms with E-state index in [0.717, 1.165) is 5.56 Å². The summed E-state index contributed by atoms with van der Waals surface area (Å²) in [6, 6.07) is 7.01. The van der Waals surface area contributed by atoms with Gasteiger partial charge in [-0.2, -0.15) is 0 Å². The van der Waals surface area contributed by atoms with E-state index in [1.165, 1.54) is 34.4 Å². The van der Waals surface area contributed by atoms with E-state index in [1.54, 1.807) is 17.0 Å². The van der Waals surface area contributed by atoms with Gasteiger partial charge in [0.25, 0.3) is 0 Å². The van der Waals surface area contributed by atoms with Crippen LogP contribution in [0.4, 0.5) is 15.1 Å². The third-order valence-electron chi connectivity index (χ3n) is 3.76. The van der Waals surface area contributed by atoms with Crippen molar-refractivity contribution in [1.29, 1.82) is 0 Å². The maximum Gasteiger partial charge on any atom is 0.323 e. The molecular formula is C17H18ClN7O2S3. The first kappa shape index (κ1) is 22.4. The van der Waals surface area contributed by atoms with Gasteiger partial charge in [0.2, 0.25) is 16.2 Å². The molecule has 0 saturated carbocycles. The molecule has 0 unspecified atom stereocenters. The van der Waals surface area contributed by atoms with E-state index in [1.807, 2.05) is 26.0 Å². The molecule has 0 bridgehead atoms. The fourth-order valence-electron chi connectivity index (χ4n) is 2.27. The first-order valence-electron chi connectivity index (χ1n) is 8.90. The number of halogens is 1. The summed E-state index contributed by atoms with van der Waals surface area (Å²) < 4.78 is 0.583. The quantitative estimate of drug-likeness (QED) is 0.362. The SMILES string of the molecule is CCN(CC)C(=O)Nc1nnc(SCC(=O)Nc2nnc(-c3ccc(Cl)cc3)s2)s1. The molecule has 30 heavy (non-hydrogen) atoms.